The van der Waals surface area contributed by atoms with Gasteiger partial charge in [0.05, 0.1) is 31.8 Å². The van der Waals surface area contributed by atoms with E-state index in [1.807, 2.05) is 6.92 Å². The first kappa shape index (κ1) is 25.8. The molecular formula is C20H38O7. The maximum Gasteiger partial charge on any atom is 0.338 e. The van der Waals surface area contributed by atoms with Crippen molar-refractivity contribution in [2.45, 2.75) is 72.0 Å². The molecule has 0 fully saturated rings. The average molecular weight is 391 g/mol. The zero-order valence-corrected chi connectivity index (χ0v) is 18.3. The Labute approximate surface area is 164 Å². The number of methoxy groups -OCH3 is 2. The number of esters is 2. The molecule has 0 saturated carbocycles. The summed E-state index contributed by atoms with van der Waals surface area (Å²) in [4.78, 5) is 25.5. The first-order valence-electron chi connectivity index (χ1n) is 9.46. The minimum atomic E-state index is -1.29. The van der Waals surface area contributed by atoms with Crippen LogP contribution in [-0.2, 0) is 33.3 Å². The van der Waals surface area contributed by atoms with Crippen LogP contribution in [-0.4, -0.2) is 63.8 Å². The molecule has 0 aliphatic rings. The van der Waals surface area contributed by atoms with Crippen molar-refractivity contribution in [1.29, 1.82) is 0 Å². The molecule has 0 amide bonds. The van der Waals surface area contributed by atoms with Gasteiger partial charge in [-0.1, -0.05) is 13.3 Å². The second kappa shape index (κ2) is 11.6. The Bertz CT molecular complexity index is 458. The van der Waals surface area contributed by atoms with E-state index in [0.717, 1.165) is 12.8 Å². The topological polar surface area (TPSA) is 80.3 Å². The van der Waals surface area contributed by atoms with Gasteiger partial charge in [0.1, 0.15) is 5.60 Å². The standard InChI is InChI=1S/C20H38O7/c1-9-10-11-26-17(22)20(6,24-8)14-19(5,15-25-13-12-23-7)16(21)27-18(2,3)4/h9-15H2,1-8H3. The fourth-order valence-electron chi connectivity index (χ4n) is 2.46. The Morgan fingerprint density at radius 2 is 1.52 bits per heavy atom. The summed E-state index contributed by atoms with van der Waals surface area (Å²) in [6, 6.07) is 0. The van der Waals surface area contributed by atoms with Crippen molar-refractivity contribution in [2.75, 3.05) is 40.6 Å². The predicted molar refractivity (Wildman–Crippen MR) is 103 cm³/mol. The Kier molecular flexibility index (Phi) is 11.1. The highest BCUT2D eigenvalue weighted by Gasteiger charge is 2.48. The fourth-order valence-corrected chi connectivity index (χ4v) is 2.46. The fraction of sp³-hybridized carbons (Fsp3) is 0.900. The summed E-state index contributed by atoms with van der Waals surface area (Å²) < 4.78 is 27.0. The smallest absolute Gasteiger partial charge is 0.338 e. The second-order valence-corrected chi connectivity index (χ2v) is 8.21. The summed E-state index contributed by atoms with van der Waals surface area (Å²) in [5.41, 5.74) is -3.03. The Morgan fingerprint density at radius 1 is 0.889 bits per heavy atom. The minimum absolute atomic E-state index is 0.0728. The quantitative estimate of drug-likeness (QED) is 0.353. The van der Waals surface area contributed by atoms with Gasteiger partial charge in [-0.3, -0.25) is 4.79 Å². The first-order chi connectivity index (χ1) is 12.4. The Hall–Kier alpha value is -1.18. The third-order valence-corrected chi connectivity index (χ3v) is 4.08. The molecule has 0 rings (SSSR count). The van der Waals surface area contributed by atoms with E-state index in [1.165, 1.54) is 7.11 Å². The number of hydrogen-bond acceptors (Lipinski definition) is 7. The number of unbranched alkanes of at least 4 members (excludes halogenated alkanes) is 1. The lowest BCUT2D eigenvalue weighted by atomic mass is 9.79. The van der Waals surface area contributed by atoms with Crippen molar-refractivity contribution < 1.29 is 33.3 Å². The molecule has 0 aromatic heterocycles. The number of hydrogen-bond donors (Lipinski definition) is 0. The van der Waals surface area contributed by atoms with Gasteiger partial charge >= 0.3 is 11.9 Å². The van der Waals surface area contributed by atoms with E-state index in [1.54, 1.807) is 41.7 Å². The first-order valence-corrected chi connectivity index (χ1v) is 9.46. The van der Waals surface area contributed by atoms with Crippen molar-refractivity contribution in [3.63, 3.8) is 0 Å². The Balaban J connectivity index is 5.37. The van der Waals surface area contributed by atoms with E-state index in [-0.39, 0.29) is 13.0 Å². The van der Waals surface area contributed by atoms with Gasteiger partial charge < -0.3 is 23.7 Å². The van der Waals surface area contributed by atoms with Gasteiger partial charge in [-0.25, -0.2) is 4.79 Å². The van der Waals surface area contributed by atoms with Crippen LogP contribution >= 0.6 is 0 Å². The van der Waals surface area contributed by atoms with E-state index in [2.05, 4.69) is 0 Å². The molecule has 0 aromatic carbocycles. The summed E-state index contributed by atoms with van der Waals surface area (Å²) in [5, 5.41) is 0. The van der Waals surface area contributed by atoms with Crippen LogP contribution in [0.2, 0.25) is 0 Å². The zero-order valence-electron chi connectivity index (χ0n) is 18.3. The van der Waals surface area contributed by atoms with Gasteiger partial charge in [0.2, 0.25) is 0 Å². The monoisotopic (exact) mass is 390 g/mol. The molecular weight excluding hydrogens is 352 g/mol. The molecule has 0 N–H and O–H groups in total. The molecule has 0 bridgehead atoms. The highest BCUT2D eigenvalue weighted by atomic mass is 16.6. The van der Waals surface area contributed by atoms with Crippen LogP contribution < -0.4 is 0 Å². The summed E-state index contributed by atoms with van der Waals surface area (Å²) >= 11 is 0. The van der Waals surface area contributed by atoms with Crippen LogP contribution in [0.3, 0.4) is 0 Å². The number of carbonyl (C=O) groups is 2. The van der Waals surface area contributed by atoms with Crippen molar-refractivity contribution in [1.82, 2.24) is 0 Å². The van der Waals surface area contributed by atoms with E-state index >= 15 is 0 Å². The molecule has 7 nitrogen and oxygen atoms in total. The van der Waals surface area contributed by atoms with E-state index in [0.29, 0.717) is 19.8 Å². The molecule has 0 radical (unpaired) electrons. The van der Waals surface area contributed by atoms with E-state index < -0.39 is 28.6 Å². The average Bonchev–Trinajstić information content (AvgIpc) is 2.57. The van der Waals surface area contributed by atoms with Crippen LogP contribution in [0, 0.1) is 5.41 Å². The molecule has 27 heavy (non-hydrogen) atoms. The summed E-state index contributed by atoms with van der Waals surface area (Å²) in [6.07, 6.45) is 1.76. The van der Waals surface area contributed by atoms with Gasteiger partial charge in [-0.15, -0.1) is 0 Å². The van der Waals surface area contributed by atoms with Crippen LogP contribution in [0.1, 0.15) is 60.8 Å². The lowest BCUT2D eigenvalue weighted by molar-refractivity contribution is -0.184. The van der Waals surface area contributed by atoms with Crippen LogP contribution in [0.4, 0.5) is 0 Å². The molecule has 0 spiro atoms. The SMILES string of the molecule is CCCCOC(=O)C(C)(CC(C)(COCCOC)C(=O)OC(C)(C)C)OC. The van der Waals surface area contributed by atoms with Crippen LogP contribution in [0.5, 0.6) is 0 Å². The molecule has 0 saturated heterocycles. The van der Waals surface area contributed by atoms with Crippen LogP contribution in [0.15, 0.2) is 0 Å². The van der Waals surface area contributed by atoms with Crippen molar-refractivity contribution in [3.05, 3.63) is 0 Å². The lowest BCUT2D eigenvalue weighted by Gasteiger charge is -2.37. The van der Waals surface area contributed by atoms with E-state index in [4.69, 9.17) is 23.7 Å². The molecule has 0 heterocycles. The van der Waals surface area contributed by atoms with Crippen molar-refractivity contribution in [2.24, 2.45) is 5.41 Å². The summed E-state index contributed by atoms with van der Waals surface area (Å²) in [7, 11) is 3.01. The molecule has 160 valence electrons. The van der Waals surface area contributed by atoms with Gasteiger partial charge in [-0.05, 0) is 41.0 Å². The third kappa shape index (κ3) is 9.53. The van der Waals surface area contributed by atoms with Crippen molar-refractivity contribution >= 4 is 11.9 Å². The summed E-state index contributed by atoms with van der Waals surface area (Å²) in [5.74, 6) is -0.942. The minimum Gasteiger partial charge on any atom is -0.464 e. The van der Waals surface area contributed by atoms with Crippen LogP contribution in [0.25, 0.3) is 0 Å². The molecule has 0 aliphatic heterocycles. The number of carbonyl (C=O) groups excluding carboxylic acids is 2. The number of ether oxygens (including phenoxy) is 5. The highest BCUT2D eigenvalue weighted by Crippen LogP contribution is 2.34. The number of rotatable bonds is 13. The van der Waals surface area contributed by atoms with Gasteiger partial charge in [0.15, 0.2) is 5.60 Å². The maximum absolute atomic E-state index is 12.9. The van der Waals surface area contributed by atoms with Gasteiger partial charge in [0.25, 0.3) is 0 Å². The van der Waals surface area contributed by atoms with E-state index in [9.17, 15) is 9.59 Å². The van der Waals surface area contributed by atoms with Gasteiger partial charge in [-0.2, -0.15) is 0 Å². The zero-order chi connectivity index (χ0) is 21.1. The Morgan fingerprint density at radius 3 is 2.00 bits per heavy atom. The largest absolute Gasteiger partial charge is 0.464 e. The van der Waals surface area contributed by atoms with Gasteiger partial charge in [0, 0.05) is 20.6 Å². The molecule has 2 atom stereocenters. The second-order valence-electron chi connectivity index (χ2n) is 8.21. The molecule has 2 unspecified atom stereocenters. The summed E-state index contributed by atoms with van der Waals surface area (Å²) in [6.45, 7) is 11.9. The predicted octanol–water partition coefficient (Wildman–Crippen LogP) is 3.14. The highest BCUT2D eigenvalue weighted by molar-refractivity contribution is 5.82. The molecule has 0 aliphatic carbocycles. The normalized spacial score (nSPS) is 16.3. The van der Waals surface area contributed by atoms with Crippen molar-refractivity contribution in [3.8, 4) is 0 Å². The maximum atomic E-state index is 12.9. The molecule has 7 heteroatoms. The molecule has 0 aromatic rings. The lowest BCUT2D eigenvalue weighted by Crippen LogP contribution is -2.49. The third-order valence-electron chi connectivity index (χ3n) is 4.08.